The molecule has 2 aromatic carbocycles. The van der Waals surface area contributed by atoms with Crippen molar-refractivity contribution in [3.05, 3.63) is 48.0 Å². The van der Waals surface area contributed by atoms with Crippen LogP contribution in [0.2, 0.25) is 0 Å². The van der Waals surface area contributed by atoms with Crippen LogP contribution in [-0.2, 0) is 9.47 Å². The number of aromatic amines is 1. The molecule has 2 N–H and O–H groups in total. The number of rotatable bonds is 6. The Morgan fingerprint density at radius 2 is 1.74 bits per heavy atom. The van der Waals surface area contributed by atoms with Crippen molar-refractivity contribution in [2.24, 2.45) is 0 Å². The summed E-state index contributed by atoms with van der Waals surface area (Å²) in [7, 11) is 0. The van der Waals surface area contributed by atoms with Crippen LogP contribution in [-0.4, -0.2) is 84.7 Å². The molecule has 2 saturated heterocycles. The molecule has 2 atom stereocenters. The van der Waals surface area contributed by atoms with E-state index < -0.39 is 0 Å². The summed E-state index contributed by atoms with van der Waals surface area (Å²) in [6.45, 7) is 10.2. The van der Waals surface area contributed by atoms with Gasteiger partial charge in [-0.2, -0.15) is 5.10 Å². The van der Waals surface area contributed by atoms with Gasteiger partial charge in [0, 0.05) is 60.5 Å². The molecule has 8 nitrogen and oxygen atoms in total. The first kappa shape index (κ1) is 26.3. The third-order valence-electron chi connectivity index (χ3n) is 8.79. The maximum absolute atomic E-state index is 13.4. The zero-order valence-electron chi connectivity index (χ0n) is 23.2. The van der Waals surface area contributed by atoms with E-state index in [0.29, 0.717) is 12.1 Å². The first-order valence-electron chi connectivity index (χ1n) is 14.6. The highest BCUT2D eigenvalue weighted by Gasteiger charge is 2.39. The molecule has 3 heterocycles. The molecule has 1 amide bonds. The maximum Gasteiger partial charge on any atom is 0.251 e. The molecule has 3 aliphatic rings. The number of morpholine rings is 2. The monoisotopic (exact) mass is 531 g/mol. The lowest BCUT2D eigenvalue weighted by atomic mass is 9.79. The summed E-state index contributed by atoms with van der Waals surface area (Å²) in [5.74, 6) is -0.0202. The van der Waals surface area contributed by atoms with E-state index in [1.165, 1.54) is 24.9 Å². The smallest absolute Gasteiger partial charge is 0.251 e. The molecule has 1 aromatic heterocycles. The van der Waals surface area contributed by atoms with E-state index in [4.69, 9.17) is 9.47 Å². The average Bonchev–Trinajstić information content (AvgIpc) is 3.40. The Balaban J connectivity index is 1.18. The second-order valence-electron chi connectivity index (χ2n) is 11.6. The van der Waals surface area contributed by atoms with Crippen molar-refractivity contribution in [2.45, 2.75) is 63.7 Å². The van der Waals surface area contributed by atoms with Crippen molar-refractivity contribution in [2.75, 3.05) is 50.8 Å². The minimum absolute atomic E-state index is 0.0202. The number of amides is 1. The van der Waals surface area contributed by atoms with Crippen LogP contribution < -0.4 is 10.2 Å². The molecular weight excluding hydrogens is 490 g/mol. The highest BCUT2D eigenvalue weighted by atomic mass is 16.5. The summed E-state index contributed by atoms with van der Waals surface area (Å²) in [5, 5.41) is 12.0. The van der Waals surface area contributed by atoms with Crippen molar-refractivity contribution in [1.29, 1.82) is 0 Å². The third-order valence-corrected chi connectivity index (χ3v) is 8.79. The van der Waals surface area contributed by atoms with Gasteiger partial charge in [-0.3, -0.25) is 14.8 Å². The summed E-state index contributed by atoms with van der Waals surface area (Å²) in [6, 6.07) is 14.4. The van der Waals surface area contributed by atoms with Gasteiger partial charge in [0.05, 0.1) is 36.6 Å². The molecule has 1 saturated carbocycles. The van der Waals surface area contributed by atoms with Gasteiger partial charge in [-0.25, -0.2) is 0 Å². The molecule has 0 radical (unpaired) electrons. The van der Waals surface area contributed by atoms with Gasteiger partial charge < -0.3 is 19.7 Å². The zero-order valence-corrected chi connectivity index (χ0v) is 23.2. The lowest BCUT2D eigenvalue weighted by Gasteiger charge is -2.48. The van der Waals surface area contributed by atoms with Gasteiger partial charge in [0.1, 0.15) is 0 Å². The quantitative estimate of drug-likeness (QED) is 0.484. The van der Waals surface area contributed by atoms with Gasteiger partial charge in [0.15, 0.2) is 0 Å². The molecule has 3 fully saturated rings. The highest BCUT2D eigenvalue weighted by Crippen LogP contribution is 2.34. The number of aromatic nitrogens is 2. The van der Waals surface area contributed by atoms with E-state index >= 15 is 0 Å². The number of anilines is 1. The topological polar surface area (TPSA) is 82.7 Å². The lowest BCUT2D eigenvalue weighted by Crippen LogP contribution is -2.59. The number of fused-ring (bicyclic) bond motifs is 1. The van der Waals surface area contributed by atoms with Crippen LogP contribution in [0, 0.1) is 0 Å². The van der Waals surface area contributed by atoms with Crippen LogP contribution in [0.5, 0.6) is 0 Å². The predicted molar refractivity (Wildman–Crippen MR) is 154 cm³/mol. The second kappa shape index (κ2) is 11.3. The van der Waals surface area contributed by atoms with Crippen molar-refractivity contribution in [1.82, 2.24) is 20.4 Å². The molecule has 8 heteroatoms. The van der Waals surface area contributed by atoms with Crippen LogP contribution in [0.15, 0.2) is 42.5 Å². The van der Waals surface area contributed by atoms with E-state index in [2.05, 4.69) is 63.4 Å². The number of H-pyrrole nitrogens is 1. The highest BCUT2D eigenvalue weighted by molar-refractivity contribution is 6.01. The summed E-state index contributed by atoms with van der Waals surface area (Å²) in [4.78, 5) is 18.3. The summed E-state index contributed by atoms with van der Waals surface area (Å²) in [6.07, 6.45) is 6.43. The van der Waals surface area contributed by atoms with Gasteiger partial charge in [-0.05, 0) is 57.0 Å². The van der Waals surface area contributed by atoms with E-state index in [1.807, 2.05) is 18.2 Å². The van der Waals surface area contributed by atoms with E-state index in [1.54, 1.807) is 0 Å². The van der Waals surface area contributed by atoms with Gasteiger partial charge in [-0.15, -0.1) is 0 Å². The number of hydrogen-bond acceptors (Lipinski definition) is 6. The molecule has 0 bridgehead atoms. The second-order valence-corrected chi connectivity index (χ2v) is 11.6. The molecule has 1 aliphatic carbocycles. The van der Waals surface area contributed by atoms with E-state index in [9.17, 15) is 4.79 Å². The zero-order chi connectivity index (χ0) is 26.8. The van der Waals surface area contributed by atoms with Crippen LogP contribution >= 0.6 is 0 Å². The Morgan fingerprint density at radius 1 is 1.03 bits per heavy atom. The van der Waals surface area contributed by atoms with Crippen molar-refractivity contribution < 1.29 is 14.3 Å². The molecule has 3 aromatic rings. The fourth-order valence-corrected chi connectivity index (χ4v) is 6.79. The van der Waals surface area contributed by atoms with Crippen LogP contribution in [0.1, 0.15) is 56.3 Å². The molecule has 0 unspecified atom stereocenters. The number of hydrogen-bond donors (Lipinski definition) is 2. The third kappa shape index (κ3) is 5.55. The average molecular weight is 532 g/mol. The van der Waals surface area contributed by atoms with E-state index in [-0.39, 0.29) is 23.7 Å². The molecule has 0 spiro atoms. The molecule has 2 aliphatic heterocycles. The first-order chi connectivity index (χ1) is 19.0. The fourth-order valence-electron chi connectivity index (χ4n) is 6.79. The van der Waals surface area contributed by atoms with Gasteiger partial charge in [0.25, 0.3) is 5.91 Å². The molecule has 6 rings (SSSR count). The summed E-state index contributed by atoms with van der Waals surface area (Å²) < 4.78 is 11.5. The van der Waals surface area contributed by atoms with Crippen molar-refractivity contribution in [3.8, 4) is 11.3 Å². The van der Waals surface area contributed by atoms with Crippen molar-refractivity contribution in [3.63, 3.8) is 0 Å². The summed E-state index contributed by atoms with van der Waals surface area (Å²) in [5.41, 5.74) is 4.74. The number of carbonyl (C=O) groups excluding carboxylic acids is 1. The summed E-state index contributed by atoms with van der Waals surface area (Å²) >= 11 is 0. The minimum atomic E-state index is -0.0202. The van der Waals surface area contributed by atoms with Crippen molar-refractivity contribution >= 4 is 22.5 Å². The SMILES string of the molecule is C[C@@H]1CN(c2ccc(-c3n[nH]c4ccc(C(=O)NCC5(N6CCOCC6)CCCCC5)cc34)cc2)C[C@H](C)O1. The normalized spacial score (nSPS) is 24.1. The van der Waals surface area contributed by atoms with Crippen LogP contribution in [0.3, 0.4) is 0 Å². The molecular formula is C31H41N5O3. The maximum atomic E-state index is 13.4. The number of ether oxygens (including phenoxy) is 2. The fraction of sp³-hybridized carbons (Fsp3) is 0.548. The Morgan fingerprint density at radius 3 is 2.46 bits per heavy atom. The van der Waals surface area contributed by atoms with Gasteiger partial charge in [0.2, 0.25) is 0 Å². The Hall–Kier alpha value is -2.94. The van der Waals surface area contributed by atoms with Gasteiger partial charge >= 0.3 is 0 Å². The Kier molecular flexibility index (Phi) is 7.60. The Bertz CT molecular complexity index is 1270. The molecule has 208 valence electrons. The Labute approximate surface area is 231 Å². The number of nitrogens with zero attached hydrogens (tertiary/aromatic N) is 3. The van der Waals surface area contributed by atoms with E-state index in [0.717, 1.165) is 74.4 Å². The number of benzene rings is 2. The first-order valence-corrected chi connectivity index (χ1v) is 14.6. The largest absolute Gasteiger partial charge is 0.379 e. The predicted octanol–water partition coefficient (Wildman–Crippen LogP) is 4.61. The van der Waals surface area contributed by atoms with Crippen LogP contribution in [0.4, 0.5) is 5.69 Å². The lowest BCUT2D eigenvalue weighted by molar-refractivity contribution is -0.0361. The molecule has 39 heavy (non-hydrogen) atoms. The standard InChI is InChI=1S/C31H41N5O3/c1-22-19-35(20-23(2)39-22)26-9-6-24(7-10-26)29-27-18-25(8-11-28(27)33-34-29)30(37)32-21-31(12-4-3-5-13-31)36-14-16-38-17-15-36/h6-11,18,22-23H,3-5,12-17,19-21H2,1-2H3,(H,32,37)(H,33,34)/t22-,23+. The minimum Gasteiger partial charge on any atom is -0.379 e. The number of nitrogens with one attached hydrogen (secondary N) is 2. The number of carbonyl (C=O) groups is 1. The van der Waals surface area contributed by atoms with Gasteiger partial charge in [-0.1, -0.05) is 31.4 Å². The van der Waals surface area contributed by atoms with Crippen LogP contribution in [0.25, 0.3) is 22.2 Å².